The highest BCUT2D eigenvalue weighted by molar-refractivity contribution is 5.80. The first-order valence-electron chi connectivity index (χ1n) is 7.33. The highest BCUT2D eigenvalue weighted by Gasteiger charge is 2.28. The molecule has 2 N–H and O–H groups in total. The molecule has 2 rings (SSSR count). The smallest absolute Gasteiger partial charge is 0.321 e. The summed E-state index contributed by atoms with van der Waals surface area (Å²) in [5, 5.41) is 18.5. The Morgan fingerprint density at radius 1 is 0.826 bits per heavy atom. The molecule has 0 unspecified atom stereocenters. The summed E-state index contributed by atoms with van der Waals surface area (Å²) in [4.78, 5) is 24.3. The Kier molecular flexibility index (Phi) is 5.88. The quantitative estimate of drug-likeness (QED) is 0.783. The molecule has 5 heteroatoms. The molecule has 0 saturated heterocycles. The van der Waals surface area contributed by atoms with Crippen LogP contribution in [0.2, 0.25) is 0 Å². The van der Waals surface area contributed by atoms with Crippen LogP contribution < -0.4 is 0 Å². The molecular formula is C18H19NO4. The summed E-state index contributed by atoms with van der Waals surface area (Å²) >= 11 is 0. The first-order chi connectivity index (χ1) is 11.1. The first kappa shape index (κ1) is 16.7. The van der Waals surface area contributed by atoms with E-state index in [9.17, 15) is 14.7 Å². The lowest BCUT2D eigenvalue weighted by atomic mass is 10.1. The third-order valence-electron chi connectivity index (χ3n) is 3.55. The van der Waals surface area contributed by atoms with Crippen LogP contribution in [0.1, 0.15) is 17.5 Å². The van der Waals surface area contributed by atoms with Gasteiger partial charge < -0.3 is 10.2 Å². The average Bonchev–Trinajstić information content (AvgIpc) is 2.53. The zero-order valence-electron chi connectivity index (χ0n) is 12.6. The molecule has 0 aliphatic rings. The third kappa shape index (κ3) is 5.23. The third-order valence-corrected chi connectivity index (χ3v) is 3.55. The Hall–Kier alpha value is -2.66. The summed E-state index contributed by atoms with van der Waals surface area (Å²) in [6.07, 6.45) is -0.436. The van der Waals surface area contributed by atoms with E-state index in [0.717, 1.165) is 11.1 Å². The van der Waals surface area contributed by atoms with E-state index >= 15 is 0 Å². The van der Waals surface area contributed by atoms with Crippen molar-refractivity contribution in [1.29, 1.82) is 0 Å². The number of nitrogens with zero attached hydrogens (tertiary/aromatic N) is 1. The fourth-order valence-corrected chi connectivity index (χ4v) is 2.45. The van der Waals surface area contributed by atoms with Gasteiger partial charge in [-0.15, -0.1) is 0 Å². The summed E-state index contributed by atoms with van der Waals surface area (Å²) in [5.41, 5.74) is 1.89. The maximum absolute atomic E-state index is 11.6. The van der Waals surface area contributed by atoms with Crippen molar-refractivity contribution in [2.75, 3.05) is 0 Å². The van der Waals surface area contributed by atoms with Crippen molar-refractivity contribution in [3.8, 4) is 0 Å². The molecule has 0 aliphatic carbocycles. The lowest BCUT2D eigenvalue weighted by Gasteiger charge is -2.28. The minimum atomic E-state index is -1.13. The fraction of sp³-hybridized carbons (Fsp3) is 0.222. The van der Waals surface area contributed by atoms with Crippen LogP contribution in [-0.2, 0) is 22.7 Å². The van der Waals surface area contributed by atoms with Crippen molar-refractivity contribution in [2.45, 2.75) is 25.6 Å². The Bertz CT molecular complexity index is 601. The molecule has 2 aromatic carbocycles. The summed E-state index contributed by atoms with van der Waals surface area (Å²) in [6, 6.07) is 17.8. The molecule has 5 nitrogen and oxygen atoms in total. The van der Waals surface area contributed by atoms with Crippen LogP contribution in [0.15, 0.2) is 60.7 Å². The second-order valence-electron chi connectivity index (χ2n) is 5.33. The van der Waals surface area contributed by atoms with E-state index in [4.69, 9.17) is 5.11 Å². The zero-order valence-corrected chi connectivity index (χ0v) is 12.6. The van der Waals surface area contributed by atoms with Crippen LogP contribution in [-0.4, -0.2) is 33.1 Å². The highest BCUT2D eigenvalue weighted by atomic mass is 16.4. The van der Waals surface area contributed by atoms with E-state index in [2.05, 4.69) is 0 Å². The van der Waals surface area contributed by atoms with Crippen molar-refractivity contribution >= 4 is 11.9 Å². The Labute approximate surface area is 134 Å². The van der Waals surface area contributed by atoms with E-state index in [1.165, 1.54) is 0 Å². The van der Waals surface area contributed by atoms with E-state index < -0.39 is 24.4 Å². The van der Waals surface area contributed by atoms with E-state index in [1.54, 1.807) is 4.90 Å². The zero-order chi connectivity index (χ0) is 16.7. The molecule has 0 fully saturated rings. The van der Waals surface area contributed by atoms with Gasteiger partial charge in [0.25, 0.3) is 0 Å². The lowest BCUT2D eigenvalue weighted by molar-refractivity contribution is -0.150. The van der Waals surface area contributed by atoms with E-state index in [0.29, 0.717) is 13.1 Å². The highest BCUT2D eigenvalue weighted by Crippen LogP contribution is 2.16. The van der Waals surface area contributed by atoms with Crippen LogP contribution >= 0.6 is 0 Å². The predicted molar refractivity (Wildman–Crippen MR) is 85.8 cm³/mol. The SMILES string of the molecule is O=C(O)C[C@H](C(=O)O)N(Cc1ccccc1)Cc1ccccc1. The van der Waals surface area contributed by atoms with Crippen LogP contribution in [0.4, 0.5) is 0 Å². The van der Waals surface area contributed by atoms with Gasteiger partial charge in [-0.1, -0.05) is 60.7 Å². The summed E-state index contributed by atoms with van der Waals surface area (Å²) in [7, 11) is 0. The van der Waals surface area contributed by atoms with Crippen LogP contribution in [0.3, 0.4) is 0 Å². The van der Waals surface area contributed by atoms with Crippen molar-refractivity contribution in [3.63, 3.8) is 0 Å². The number of carboxylic acids is 2. The normalized spacial score (nSPS) is 12.0. The molecule has 1 atom stereocenters. The molecule has 0 aliphatic heterocycles. The van der Waals surface area contributed by atoms with Gasteiger partial charge in [0, 0.05) is 13.1 Å². The molecule has 120 valence electrons. The molecule has 23 heavy (non-hydrogen) atoms. The van der Waals surface area contributed by atoms with Gasteiger partial charge in [0.2, 0.25) is 0 Å². The number of aliphatic carboxylic acids is 2. The number of rotatable bonds is 8. The Balaban J connectivity index is 2.25. The molecule has 0 bridgehead atoms. The van der Waals surface area contributed by atoms with Gasteiger partial charge in [0.05, 0.1) is 6.42 Å². The predicted octanol–water partition coefficient (Wildman–Crippen LogP) is 2.62. The standard InChI is InChI=1S/C18H19NO4/c20-17(21)11-16(18(22)23)19(12-14-7-3-1-4-8-14)13-15-9-5-2-6-10-15/h1-10,16H,11-13H2,(H,20,21)(H,22,23)/t16-/m1/s1. The van der Waals surface area contributed by atoms with Crippen LogP contribution in [0.25, 0.3) is 0 Å². The van der Waals surface area contributed by atoms with Gasteiger partial charge in [-0.25, -0.2) is 0 Å². The number of hydrogen-bond donors (Lipinski definition) is 2. The molecule has 0 radical (unpaired) electrons. The van der Waals surface area contributed by atoms with Gasteiger partial charge in [0.1, 0.15) is 6.04 Å². The summed E-state index contributed by atoms with van der Waals surface area (Å²) in [6.45, 7) is 0.750. The van der Waals surface area contributed by atoms with Crippen molar-refractivity contribution in [2.24, 2.45) is 0 Å². The van der Waals surface area contributed by atoms with Crippen LogP contribution in [0, 0.1) is 0 Å². The van der Waals surface area contributed by atoms with E-state index in [-0.39, 0.29) is 0 Å². The number of hydrogen-bond acceptors (Lipinski definition) is 3. The van der Waals surface area contributed by atoms with Gasteiger partial charge in [0.15, 0.2) is 0 Å². The molecule has 0 heterocycles. The Morgan fingerprint density at radius 2 is 1.26 bits per heavy atom. The molecule has 0 amide bonds. The van der Waals surface area contributed by atoms with Gasteiger partial charge in [-0.05, 0) is 11.1 Å². The molecule has 0 aromatic heterocycles. The van der Waals surface area contributed by atoms with Crippen molar-refractivity contribution in [1.82, 2.24) is 4.90 Å². The second kappa shape index (κ2) is 8.10. The van der Waals surface area contributed by atoms with Gasteiger partial charge >= 0.3 is 11.9 Å². The topological polar surface area (TPSA) is 77.8 Å². The minimum Gasteiger partial charge on any atom is -0.481 e. The number of carbonyl (C=O) groups is 2. The van der Waals surface area contributed by atoms with Crippen molar-refractivity contribution in [3.05, 3.63) is 71.8 Å². The first-order valence-corrected chi connectivity index (χ1v) is 7.33. The van der Waals surface area contributed by atoms with Gasteiger partial charge in [-0.2, -0.15) is 0 Å². The monoisotopic (exact) mass is 313 g/mol. The Morgan fingerprint density at radius 3 is 1.61 bits per heavy atom. The molecule has 2 aromatic rings. The number of benzene rings is 2. The van der Waals surface area contributed by atoms with Crippen LogP contribution in [0.5, 0.6) is 0 Å². The minimum absolute atomic E-state index is 0.375. The average molecular weight is 313 g/mol. The number of carboxylic acid groups (broad SMARTS) is 2. The molecule has 0 spiro atoms. The van der Waals surface area contributed by atoms with Crippen molar-refractivity contribution < 1.29 is 19.8 Å². The molecule has 0 saturated carbocycles. The van der Waals surface area contributed by atoms with E-state index in [1.807, 2.05) is 60.7 Å². The van der Waals surface area contributed by atoms with Gasteiger partial charge in [-0.3, -0.25) is 14.5 Å². The largest absolute Gasteiger partial charge is 0.481 e. The maximum Gasteiger partial charge on any atom is 0.321 e. The lowest BCUT2D eigenvalue weighted by Crippen LogP contribution is -2.41. The summed E-state index contributed by atoms with van der Waals surface area (Å²) < 4.78 is 0. The summed E-state index contributed by atoms with van der Waals surface area (Å²) in [5.74, 6) is -2.25. The molecular weight excluding hydrogens is 294 g/mol. The second-order valence-corrected chi connectivity index (χ2v) is 5.33. The maximum atomic E-state index is 11.6. The fourth-order valence-electron chi connectivity index (χ4n) is 2.45.